The molecule has 0 aliphatic carbocycles. The molecule has 4 aromatic rings. The van der Waals surface area contributed by atoms with E-state index in [-0.39, 0.29) is 17.4 Å². The van der Waals surface area contributed by atoms with Gasteiger partial charge in [-0.3, -0.25) is 9.36 Å². The van der Waals surface area contributed by atoms with Crippen LogP contribution >= 0.6 is 11.8 Å². The minimum Gasteiger partial charge on any atom is -0.340 e. The molecule has 0 radical (unpaired) electrons. The van der Waals surface area contributed by atoms with Gasteiger partial charge in [-0.25, -0.2) is 8.42 Å². The van der Waals surface area contributed by atoms with Crippen LogP contribution in [0.25, 0.3) is 17.1 Å². The van der Waals surface area contributed by atoms with E-state index in [1.807, 2.05) is 42.2 Å². The van der Waals surface area contributed by atoms with Crippen molar-refractivity contribution in [1.29, 1.82) is 0 Å². The monoisotopic (exact) mass is 645 g/mol. The summed E-state index contributed by atoms with van der Waals surface area (Å²) < 4.78 is 30.5. The Labute approximate surface area is 271 Å². The van der Waals surface area contributed by atoms with Crippen molar-refractivity contribution in [1.82, 2.24) is 24.0 Å². The second-order valence-corrected chi connectivity index (χ2v) is 15.7. The third-order valence-corrected chi connectivity index (χ3v) is 11.3. The molecule has 0 spiro atoms. The van der Waals surface area contributed by atoms with Crippen LogP contribution in [0.4, 0.5) is 0 Å². The molecule has 1 amide bonds. The number of rotatable bonds is 10. The van der Waals surface area contributed by atoms with Crippen LogP contribution in [0.3, 0.4) is 0 Å². The van der Waals surface area contributed by atoms with Crippen LogP contribution in [0.1, 0.15) is 58.1 Å². The van der Waals surface area contributed by atoms with Crippen molar-refractivity contribution in [2.75, 3.05) is 25.4 Å². The van der Waals surface area contributed by atoms with E-state index in [2.05, 4.69) is 78.9 Å². The van der Waals surface area contributed by atoms with Gasteiger partial charge in [-0.2, -0.15) is 4.31 Å². The van der Waals surface area contributed by atoms with Crippen molar-refractivity contribution in [3.05, 3.63) is 90.0 Å². The van der Waals surface area contributed by atoms with Crippen LogP contribution in [0.5, 0.6) is 0 Å². The summed E-state index contributed by atoms with van der Waals surface area (Å²) in [4.78, 5) is 15.2. The maximum atomic E-state index is 13.4. The van der Waals surface area contributed by atoms with Gasteiger partial charge in [-0.15, -0.1) is 10.2 Å². The Morgan fingerprint density at radius 2 is 1.60 bits per heavy atom. The summed E-state index contributed by atoms with van der Waals surface area (Å²) in [5.74, 6) is 1.69. The number of aryl methyl sites for hydroxylation is 1. The third-order valence-electron chi connectivity index (χ3n) is 8.22. The lowest BCUT2D eigenvalue weighted by Crippen LogP contribution is -2.55. The van der Waals surface area contributed by atoms with Crippen molar-refractivity contribution in [3.63, 3.8) is 0 Å². The molecule has 1 aliphatic heterocycles. The van der Waals surface area contributed by atoms with Crippen LogP contribution in [-0.2, 0) is 20.2 Å². The van der Waals surface area contributed by atoms with E-state index >= 15 is 0 Å². The average Bonchev–Trinajstić information content (AvgIpc) is 3.45. The second-order valence-electron chi connectivity index (χ2n) is 12.7. The van der Waals surface area contributed by atoms with Gasteiger partial charge >= 0.3 is 0 Å². The van der Waals surface area contributed by atoms with Gasteiger partial charge in [0.05, 0.1) is 4.90 Å². The maximum absolute atomic E-state index is 13.4. The molecule has 0 N–H and O–H groups in total. The average molecular weight is 646 g/mol. The SMILES string of the molecule is Cc1ccc(-c2nnc(SCCCCC(=O)N3CCN(S(=O)(=O)c4ccc(C(C)(C)C)cc4)C(C)C3)n2-c2ccccc2)cc1. The van der Waals surface area contributed by atoms with E-state index < -0.39 is 10.0 Å². The van der Waals surface area contributed by atoms with E-state index in [1.165, 1.54) is 9.87 Å². The Morgan fingerprint density at radius 3 is 2.24 bits per heavy atom. The molecule has 1 fully saturated rings. The molecule has 1 saturated heterocycles. The van der Waals surface area contributed by atoms with Gasteiger partial charge < -0.3 is 4.90 Å². The smallest absolute Gasteiger partial charge is 0.243 e. The third kappa shape index (κ3) is 7.68. The highest BCUT2D eigenvalue weighted by molar-refractivity contribution is 7.99. The molecule has 45 heavy (non-hydrogen) atoms. The van der Waals surface area contributed by atoms with E-state index in [4.69, 9.17) is 0 Å². The summed E-state index contributed by atoms with van der Waals surface area (Å²) in [7, 11) is -3.64. The standard InChI is InChI=1S/C35H43N5O3S2/c1-26-14-16-28(17-15-26)33-36-37-34(40(33)30-11-7-6-8-12-30)44-24-10-9-13-32(41)38-22-23-39(27(2)25-38)45(42,43)31-20-18-29(19-21-31)35(3,4)5/h6-8,11-12,14-21,27H,9-10,13,22-25H2,1-5H3. The molecule has 10 heteroatoms. The normalized spacial score (nSPS) is 16.2. The zero-order valence-electron chi connectivity index (χ0n) is 26.8. The fourth-order valence-corrected chi connectivity index (χ4v) is 8.11. The molecule has 0 bridgehead atoms. The van der Waals surface area contributed by atoms with Crippen LogP contribution in [0, 0.1) is 6.92 Å². The highest BCUT2D eigenvalue weighted by Crippen LogP contribution is 2.29. The number of benzene rings is 3. The fourth-order valence-electron chi connectivity index (χ4n) is 5.55. The number of nitrogens with zero attached hydrogens (tertiary/aromatic N) is 5. The Kier molecular flexibility index (Phi) is 10.2. The van der Waals surface area contributed by atoms with Crippen molar-refractivity contribution in [2.45, 2.75) is 75.4 Å². The maximum Gasteiger partial charge on any atom is 0.243 e. The number of carbonyl (C=O) groups excluding carboxylic acids is 1. The number of amides is 1. The number of hydrogen-bond acceptors (Lipinski definition) is 6. The van der Waals surface area contributed by atoms with E-state index in [0.717, 1.165) is 46.4 Å². The molecular formula is C35H43N5O3S2. The number of para-hydroxylation sites is 1. The molecule has 1 unspecified atom stereocenters. The van der Waals surface area contributed by atoms with Crippen LogP contribution in [0.15, 0.2) is 88.9 Å². The van der Waals surface area contributed by atoms with Gasteiger partial charge in [0.2, 0.25) is 15.9 Å². The van der Waals surface area contributed by atoms with Crippen LogP contribution in [-0.4, -0.2) is 69.7 Å². The molecule has 8 nitrogen and oxygen atoms in total. The van der Waals surface area contributed by atoms with Gasteiger partial charge in [0.1, 0.15) is 0 Å². The molecule has 5 rings (SSSR count). The fraction of sp³-hybridized carbons (Fsp3) is 0.400. The van der Waals surface area contributed by atoms with Gasteiger partial charge in [0.15, 0.2) is 11.0 Å². The molecular weight excluding hydrogens is 603 g/mol. The molecule has 1 atom stereocenters. The summed E-state index contributed by atoms with van der Waals surface area (Å²) in [5, 5.41) is 9.87. The second kappa shape index (κ2) is 13.9. The molecule has 238 valence electrons. The lowest BCUT2D eigenvalue weighted by Gasteiger charge is -2.39. The molecule has 0 saturated carbocycles. The van der Waals surface area contributed by atoms with Crippen molar-refractivity contribution >= 4 is 27.7 Å². The quantitative estimate of drug-likeness (QED) is 0.141. The lowest BCUT2D eigenvalue weighted by atomic mass is 9.87. The summed E-state index contributed by atoms with van der Waals surface area (Å²) in [5.41, 5.74) is 4.25. The molecule has 2 heterocycles. The Hall–Kier alpha value is -3.47. The Bertz CT molecular complexity index is 1700. The van der Waals surface area contributed by atoms with Gasteiger partial charge in [-0.05, 0) is 61.9 Å². The van der Waals surface area contributed by atoms with Gasteiger partial charge in [0, 0.05) is 49.1 Å². The minimum absolute atomic E-state index is 0.0485. The first-order valence-electron chi connectivity index (χ1n) is 15.6. The zero-order valence-corrected chi connectivity index (χ0v) is 28.4. The summed E-state index contributed by atoms with van der Waals surface area (Å²) in [6, 6.07) is 25.3. The first-order chi connectivity index (χ1) is 21.4. The van der Waals surface area contributed by atoms with Crippen molar-refractivity contribution < 1.29 is 13.2 Å². The predicted molar refractivity (Wildman–Crippen MR) is 181 cm³/mol. The number of sulfonamides is 1. The van der Waals surface area contributed by atoms with E-state index in [0.29, 0.717) is 31.0 Å². The van der Waals surface area contributed by atoms with Gasteiger partial charge in [-0.1, -0.05) is 92.7 Å². The number of aromatic nitrogens is 3. The van der Waals surface area contributed by atoms with E-state index in [9.17, 15) is 13.2 Å². The van der Waals surface area contributed by atoms with E-state index in [1.54, 1.807) is 23.9 Å². The largest absolute Gasteiger partial charge is 0.340 e. The topological polar surface area (TPSA) is 88.4 Å². The number of unbranched alkanes of at least 4 members (excludes halogenated alkanes) is 1. The van der Waals surface area contributed by atoms with Crippen LogP contribution in [0.2, 0.25) is 0 Å². The number of piperazine rings is 1. The lowest BCUT2D eigenvalue weighted by molar-refractivity contribution is -0.133. The molecule has 1 aromatic heterocycles. The highest BCUT2D eigenvalue weighted by Gasteiger charge is 2.35. The Balaban J connectivity index is 1.13. The van der Waals surface area contributed by atoms with Crippen molar-refractivity contribution in [3.8, 4) is 17.1 Å². The van der Waals surface area contributed by atoms with Gasteiger partial charge in [0.25, 0.3) is 0 Å². The first kappa shape index (κ1) is 32.9. The minimum atomic E-state index is -3.64. The first-order valence-corrected chi connectivity index (χ1v) is 18.0. The summed E-state index contributed by atoms with van der Waals surface area (Å²) in [6.45, 7) is 11.4. The highest BCUT2D eigenvalue weighted by atomic mass is 32.2. The number of carbonyl (C=O) groups is 1. The molecule has 3 aromatic carbocycles. The molecule has 1 aliphatic rings. The zero-order chi connectivity index (χ0) is 32.2. The predicted octanol–water partition coefficient (Wildman–Crippen LogP) is 6.72. The number of thioether (sulfide) groups is 1. The Morgan fingerprint density at radius 1 is 0.911 bits per heavy atom. The van der Waals surface area contributed by atoms with Crippen LogP contribution < -0.4 is 0 Å². The summed E-state index contributed by atoms with van der Waals surface area (Å²) in [6.07, 6.45) is 2.05. The van der Waals surface area contributed by atoms with Crippen molar-refractivity contribution in [2.24, 2.45) is 0 Å². The summed E-state index contributed by atoms with van der Waals surface area (Å²) >= 11 is 1.64. The number of hydrogen-bond donors (Lipinski definition) is 0.